The highest BCUT2D eigenvalue weighted by Crippen LogP contribution is 2.48. The number of rotatable bonds is 4. The molecule has 0 unspecified atom stereocenters. The Morgan fingerprint density at radius 2 is 1.93 bits per heavy atom. The zero-order valence-corrected chi connectivity index (χ0v) is 17.8. The maximum Gasteiger partial charge on any atom is 0.235 e. The van der Waals surface area contributed by atoms with E-state index in [0.29, 0.717) is 28.1 Å². The third kappa shape index (κ3) is 3.56. The number of hydrogen-bond donors (Lipinski definition) is 1. The Labute approximate surface area is 178 Å². The molecule has 0 saturated carbocycles. The van der Waals surface area contributed by atoms with Gasteiger partial charge < -0.3 is 14.8 Å². The molecular weight excluding hydrogens is 410 g/mol. The monoisotopic (exact) mass is 429 g/mol. The number of nitrogens with one attached hydrogen (secondary N) is 1. The molecule has 1 N–H and O–H groups in total. The minimum atomic E-state index is -0.143. The summed E-state index contributed by atoms with van der Waals surface area (Å²) in [4.78, 5) is 12.5. The van der Waals surface area contributed by atoms with Crippen molar-refractivity contribution in [3.63, 3.8) is 0 Å². The minimum absolute atomic E-state index is 0.0734. The zero-order valence-electron chi connectivity index (χ0n) is 16.2. The standard InChI is InChI=1S/C21H20ClN3O3S/c1-12-18-20(15-5-4-6-16(27-2)19(15)28-3)29-11-17(26)23-21(18)25(24-12)14-9-7-13(22)8-10-14/h4-10,20H,11H2,1-3H3,(H,23,26)/t20-/m0/s1. The first kappa shape index (κ1) is 19.7. The Morgan fingerprint density at radius 3 is 2.62 bits per heavy atom. The summed E-state index contributed by atoms with van der Waals surface area (Å²) in [7, 11) is 3.24. The number of aromatic nitrogens is 2. The van der Waals surface area contributed by atoms with Gasteiger partial charge in [0.15, 0.2) is 11.5 Å². The molecule has 1 atom stereocenters. The summed E-state index contributed by atoms with van der Waals surface area (Å²) in [6.07, 6.45) is 0. The Bertz CT molecular complexity index is 1070. The van der Waals surface area contributed by atoms with Gasteiger partial charge in [-0.3, -0.25) is 4.79 Å². The number of fused-ring (bicyclic) bond motifs is 1. The molecule has 0 bridgehead atoms. The number of aryl methyl sites for hydroxylation is 1. The van der Waals surface area contributed by atoms with Crippen LogP contribution in [0.3, 0.4) is 0 Å². The quantitative estimate of drug-likeness (QED) is 0.655. The molecule has 6 nitrogen and oxygen atoms in total. The van der Waals surface area contributed by atoms with Crippen LogP contribution in [0.25, 0.3) is 5.69 Å². The van der Waals surface area contributed by atoms with E-state index in [1.165, 1.54) is 11.8 Å². The lowest BCUT2D eigenvalue weighted by Crippen LogP contribution is -2.15. The summed E-state index contributed by atoms with van der Waals surface area (Å²) in [6, 6.07) is 13.1. The van der Waals surface area contributed by atoms with Crippen molar-refractivity contribution in [2.45, 2.75) is 12.2 Å². The van der Waals surface area contributed by atoms with Gasteiger partial charge >= 0.3 is 0 Å². The third-order valence-corrected chi connectivity index (χ3v) is 6.30. The van der Waals surface area contributed by atoms with Crippen LogP contribution in [0.1, 0.15) is 22.1 Å². The third-order valence-electron chi connectivity index (χ3n) is 4.79. The highest BCUT2D eigenvalue weighted by atomic mass is 35.5. The van der Waals surface area contributed by atoms with Crippen molar-refractivity contribution in [1.82, 2.24) is 9.78 Å². The molecule has 1 aliphatic rings. The highest BCUT2D eigenvalue weighted by molar-refractivity contribution is 8.00. The molecule has 1 amide bonds. The summed E-state index contributed by atoms with van der Waals surface area (Å²) in [5.41, 5.74) is 3.54. The van der Waals surface area contributed by atoms with E-state index < -0.39 is 0 Å². The predicted octanol–water partition coefficient (Wildman–Crippen LogP) is 4.63. The van der Waals surface area contributed by atoms with Crippen LogP contribution < -0.4 is 14.8 Å². The van der Waals surface area contributed by atoms with Gasteiger partial charge in [-0.2, -0.15) is 5.10 Å². The van der Waals surface area contributed by atoms with Crippen molar-refractivity contribution < 1.29 is 14.3 Å². The molecule has 150 valence electrons. The van der Waals surface area contributed by atoms with E-state index in [-0.39, 0.29) is 11.2 Å². The Balaban J connectivity index is 1.91. The second kappa shape index (κ2) is 8.00. The molecule has 0 saturated heterocycles. The number of thioether (sulfide) groups is 1. The van der Waals surface area contributed by atoms with Crippen molar-refractivity contribution in [3.8, 4) is 17.2 Å². The van der Waals surface area contributed by atoms with Gasteiger partial charge in [0.25, 0.3) is 0 Å². The van der Waals surface area contributed by atoms with Crippen LogP contribution in [0.5, 0.6) is 11.5 Å². The number of benzene rings is 2. The molecule has 8 heteroatoms. The summed E-state index contributed by atoms with van der Waals surface area (Å²) in [5, 5.41) is 8.24. The Morgan fingerprint density at radius 1 is 1.17 bits per heavy atom. The van der Waals surface area contributed by atoms with Gasteiger partial charge in [0.1, 0.15) is 5.82 Å². The topological polar surface area (TPSA) is 65.4 Å². The van der Waals surface area contributed by atoms with Crippen molar-refractivity contribution in [2.75, 3.05) is 25.3 Å². The molecule has 0 fully saturated rings. The van der Waals surface area contributed by atoms with Gasteiger partial charge in [-0.25, -0.2) is 4.68 Å². The van der Waals surface area contributed by atoms with E-state index >= 15 is 0 Å². The molecule has 29 heavy (non-hydrogen) atoms. The van der Waals surface area contributed by atoms with Crippen LogP contribution in [0.2, 0.25) is 5.02 Å². The number of carbonyl (C=O) groups excluding carboxylic acids is 1. The summed E-state index contributed by atoms with van der Waals surface area (Å²) < 4.78 is 12.9. The van der Waals surface area contributed by atoms with E-state index in [2.05, 4.69) is 5.32 Å². The van der Waals surface area contributed by atoms with Crippen molar-refractivity contribution >= 4 is 35.1 Å². The lowest BCUT2D eigenvalue weighted by atomic mass is 10.0. The van der Waals surface area contributed by atoms with Crippen molar-refractivity contribution in [3.05, 3.63) is 64.3 Å². The molecule has 0 aliphatic carbocycles. The first-order valence-corrected chi connectivity index (χ1v) is 10.4. The van der Waals surface area contributed by atoms with E-state index in [1.807, 2.05) is 37.3 Å². The number of carbonyl (C=O) groups is 1. The smallest absolute Gasteiger partial charge is 0.235 e. The summed E-state index contributed by atoms with van der Waals surface area (Å²) in [6.45, 7) is 1.95. The number of anilines is 1. The fourth-order valence-corrected chi connectivity index (χ4v) is 4.85. The largest absolute Gasteiger partial charge is 0.493 e. The van der Waals surface area contributed by atoms with Gasteiger partial charge in [-0.1, -0.05) is 23.7 Å². The van der Waals surface area contributed by atoms with E-state index in [0.717, 1.165) is 22.5 Å². The lowest BCUT2D eigenvalue weighted by Gasteiger charge is -2.20. The number of ether oxygens (including phenoxy) is 2. The molecule has 4 rings (SSSR count). The van der Waals surface area contributed by atoms with Crippen LogP contribution >= 0.6 is 23.4 Å². The predicted molar refractivity (Wildman–Crippen MR) is 116 cm³/mol. The zero-order chi connectivity index (χ0) is 20.5. The van der Waals surface area contributed by atoms with Gasteiger partial charge in [0, 0.05) is 16.1 Å². The maximum atomic E-state index is 12.5. The van der Waals surface area contributed by atoms with Gasteiger partial charge in [-0.15, -0.1) is 11.8 Å². The maximum absolute atomic E-state index is 12.5. The molecule has 1 aromatic heterocycles. The van der Waals surface area contributed by atoms with Crippen LogP contribution in [-0.2, 0) is 4.79 Å². The Hall–Kier alpha value is -2.64. The van der Waals surface area contributed by atoms with E-state index in [9.17, 15) is 4.79 Å². The van der Waals surface area contributed by atoms with Gasteiger partial charge in [0.05, 0.1) is 36.6 Å². The SMILES string of the molecule is COc1cccc([C@@H]2SCC(=O)Nc3c2c(C)nn3-c2ccc(Cl)cc2)c1OC. The lowest BCUT2D eigenvalue weighted by molar-refractivity contribution is -0.113. The van der Waals surface area contributed by atoms with Gasteiger partial charge in [-0.05, 0) is 37.3 Å². The van der Waals surface area contributed by atoms with Crippen LogP contribution in [0.4, 0.5) is 5.82 Å². The number of halogens is 1. The van der Waals surface area contributed by atoms with Crippen LogP contribution in [0.15, 0.2) is 42.5 Å². The molecule has 2 aromatic carbocycles. The minimum Gasteiger partial charge on any atom is -0.493 e. The van der Waals surface area contributed by atoms with Crippen molar-refractivity contribution in [2.24, 2.45) is 0 Å². The number of para-hydroxylation sites is 1. The van der Waals surface area contributed by atoms with Crippen LogP contribution in [-0.4, -0.2) is 35.7 Å². The fraction of sp³-hybridized carbons (Fsp3) is 0.238. The Kier molecular flexibility index (Phi) is 5.43. The summed E-state index contributed by atoms with van der Waals surface area (Å²) in [5.74, 6) is 2.22. The molecule has 1 aliphatic heterocycles. The second-order valence-corrected chi connectivity index (χ2v) is 8.09. The van der Waals surface area contributed by atoms with Crippen molar-refractivity contribution in [1.29, 1.82) is 0 Å². The highest BCUT2D eigenvalue weighted by Gasteiger charge is 2.32. The molecular formula is C21H20ClN3O3S. The average molecular weight is 430 g/mol. The number of methoxy groups -OCH3 is 2. The summed E-state index contributed by atoms with van der Waals surface area (Å²) >= 11 is 7.57. The van der Waals surface area contributed by atoms with Crippen LogP contribution in [0, 0.1) is 6.92 Å². The van der Waals surface area contributed by atoms with E-state index in [4.69, 9.17) is 26.2 Å². The molecule has 3 aromatic rings. The molecule has 0 radical (unpaired) electrons. The normalized spacial score (nSPS) is 16.0. The fourth-order valence-electron chi connectivity index (χ4n) is 3.52. The number of hydrogen-bond acceptors (Lipinski definition) is 5. The molecule has 0 spiro atoms. The average Bonchev–Trinajstić information content (AvgIpc) is 2.93. The number of amides is 1. The second-order valence-electron chi connectivity index (χ2n) is 6.56. The molecule has 2 heterocycles. The first-order chi connectivity index (χ1) is 14.0. The van der Waals surface area contributed by atoms with Gasteiger partial charge in [0.2, 0.25) is 5.91 Å². The first-order valence-electron chi connectivity index (χ1n) is 9.01. The van der Waals surface area contributed by atoms with E-state index in [1.54, 1.807) is 31.0 Å². The number of nitrogens with zero attached hydrogens (tertiary/aromatic N) is 2.